The molecule has 0 bridgehead atoms. The summed E-state index contributed by atoms with van der Waals surface area (Å²) in [5.41, 5.74) is 1.36. The molecule has 4 heteroatoms. The summed E-state index contributed by atoms with van der Waals surface area (Å²) in [6, 6.07) is 9.95. The lowest BCUT2D eigenvalue weighted by Gasteiger charge is -2.21. The molecule has 1 aliphatic rings. The predicted octanol–water partition coefficient (Wildman–Crippen LogP) is 1.89. The Morgan fingerprint density at radius 1 is 1.50 bits per heavy atom. The van der Waals surface area contributed by atoms with E-state index in [4.69, 9.17) is 5.11 Å². The molecular weight excluding hydrogens is 204 g/mol. The van der Waals surface area contributed by atoms with Gasteiger partial charge >= 0.3 is 5.97 Å². The second kappa shape index (κ2) is 4.35. The molecule has 84 valence electrons. The number of carboxylic acids is 1. The van der Waals surface area contributed by atoms with Gasteiger partial charge in [0.2, 0.25) is 0 Å². The molecule has 0 saturated carbocycles. The van der Waals surface area contributed by atoms with Gasteiger partial charge in [-0.3, -0.25) is 5.01 Å². The van der Waals surface area contributed by atoms with Crippen molar-refractivity contribution in [3.63, 3.8) is 0 Å². The van der Waals surface area contributed by atoms with Crippen LogP contribution < -0.4 is 0 Å². The van der Waals surface area contributed by atoms with Crippen LogP contribution in [0.15, 0.2) is 35.4 Å². The normalized spacial score (nSPS) is 19.7. The molecule has 1 heterocycles. The molecule has 4 nitrogen and oxygen atoms in total. The summed E-state index contributed by atoms with van der Waals surface area (Å²) in [7, 11) is 0. The molecule has 0 radical (unpaired) electrons. The van der Waals surface area contributed by atoms with Crippen molar-refractivity contribution in [1.29, 1.82) is 0 Å². The Kier molecular flexibility index (Phi) is 2.90. The monoisotopic (exact) mass is 218 g/mol. The van der Waals surface area contributed by atoms with Crippen LogP contribution in [-0.2, 0) is 4.79 Å². The van der Waals surface area contributed by atoms with Crippen LogP contribution in [0.2, 0.25) is 0 Å². The van der Waals surface area contributed by atoms with Gasteiger partial charge in [0.05, 0.1) is 6.04 Å². The Morgan fingerprint density at radius 2 is 2.19 bits per heavy atom. The Labute approximate surface area is 94.2 Å². The van der Waals surface area contributed by atoms with Gasteiger partial charge in [-0.1, -0.05) is 30.3 Å². The minimum absolute atomic E-state index is 0.0669. The Balaban J connectivity index is 2.23. The summed E-state index contributed by atoms with van der Waals surface area (Å²) in [5, 5.41) is 14.9. The van der Waals surface area contributed by atoms with Gasteiger partial charge in [-0.15, -0.1) is 0 Å². The van der Waals surface area contributed by atoms with Crippen LogP contribution in [0.5, 0.6) is 0 Å². The van der Waals surface area contributed by atoms with Gasteiger partial charge in [0, 0.05) is 13.0 Å². The molecule has 0 aromatic heterocycles. The van der Waals surface area contributed by atoms with Gasteiger partial charge in [-0.2, -0.15) is 5.10 Å². The number of benzene rings is 1. The highest BCUT2D eigenvalue weighted by molar-refractivity contribution is 6.36. The van der Waals surface area contributed by atoms with Gasteiger partial charge in [0.1, 0.15) is 5.71 Å². The lowest BCUT2D eigenvalue weighted by molar-refractivity contribution is -0.129. The summed E-state index contributed by atoms with van der Waals surface area (Å²) in [5.74, 6) is -0.920. The van der Waals surface area contributed by atoms with E-state index in [0.29, 0.717) is 6.42 Å². The summed E-state index contributed by atoms with van der Waals surface area (Å²) in [6.45, 7) is 2.70. The van der Waals surface area contributed by atoms with E-state index in [-0.39, 0.29) is 11.8 Å². The summed E-state index contributed by atoms with van der Waals surface area (Å²) < 4.78 is 0. The molecule has 1 aliphatic heterocycles. The van der Waals surface area contributed by atoms with Gasteiger partial charge in [-0.05, 0) is 12.5 Å². The molecular formula is C12H14N2O2. The van der Waals surface area contributed by atoms with Crippen molar-refractivity contribution < 1.29 is 9.90 Å². The maximum Gasteiger partial charge on any atom is 0.352 e. The second-order valence-corrected chi connectivity index (χ2v) is 3.74. The highest BCUT2D eigenvalue weighted by Crippen LogP contribution is 2.29. The van der Waals surface area contributed by atoms with Crippen LogP contribution >= 0.6 is 0 Å². The molecule has 1 aromatic carbocycles. The first-order valence-electron chi connectivity index (χ1n) is 5.34. The number of carboxylic acid groups (broad SMARTS) is 1. The topological polar surface area (TPSA) is 52.9 Å². The third kappa shape index (κ3) is 1.91. The molecule has 1 atom stereocenters. The number of nitrogens with zero attached hydrogens (tertiary/aromatic N) is 2. The molecule has 16 heavy (non-hydrogen) atoms. The molecule has 0 fully saturated rings. The van der Waals surface area contributed by atoms with Crippen LogP contribution in [0, 0.1) is 0 Å². The zero-order valence-electron chi connectivity index (χ0n) is 9.13. The zero-order valence-corrected chi connectivity index (χ0v) is 9.13. The Bertz CT molecular complexity index is 414. The quantitative estimate of drug-likeness (QED) is 0.842. The molecule has 1 N–H and O–H groups in total. The molecule has 0 amide bonds. The number of rotatable bonds is 3. The Hall–Kier alpha value is -1.84. The maximum absolute atomic E-state index is 10.9. The average molecular weight is 218 g/mol. The van der Waals surface area contributed by atoms with Gasteiger partial charge in [0.15, 0.2) is 0 Å². The van der Waals surface area contributed by atoms with Crippen LogP contribution in [0.25, 0.3) is 0 Å². The fourth-order valence-corrected chi connectivity index (χ4v) is 1.94. The molecule has 0 aliphatic carbocycles. The standard InChI is InChI=1S/C12H14N2O2/c1-2-14-11(8-10(13-14)12(15)16)9-6-4-3-5-7-9/h3-7,11H,2,8H2,1H3,(H,15,16). The van der Waals surface area contributed by atoms with Crippen molar-refractivity contribution in [3.05, 3.63) is 35.9 Å². The lowest BCUT2D eigenvalue weighted by Crippen LogP contribution is -2.18. The summed E-state index contributed by atoms with van der Waals surface area (Å²) >= 11 is 0. The lowest BCUT2D eigenvalue weighted by atomic mass is 10.0. The van der Waals surface area contributed by atoms with Gasteiger partial charge in [0.25, 0.3) is 0 Å². The van der Waals surface area contributed by atoms with E-state index < -0.39 is 5.97 Å². The van der Waals surface area contributed by atoms with E-state index >= 15 is 0 Å². The molecule has 1 aromatic rings. The molecule has 1 unspecified atom stereocenters. The predicted molar refractivity (Wildman–Crippen MR) is 61.3 cm³/mol. The number of hydrazone groups is 1. The number of carbonyl (C=O) groups is 1. The van der Waals surface area contributed by atoms with Crippen molar-refractivity contribution >= 4 is 11.7 Å². The van der Waals surface area contributed by atoms with Crippen molar-refractivity contribution in [2.45, 2.75) is 19.4 Å². The third-order valence-corrected chi connectivity index (χ3v) is 2.75. The van der Waals surface area contributed by atoms with E-state index in [1.165, 1.54) is 0 Å². The summed E-state index contributed by atoms with van der Waals surface area (Å²) in [6.07, 6.45) is 0.479. The van der Waals surface area contributed by atoms with Crippen LogP contribution in [0.1, 0.15) is 24.9 Å². The highest BCUT2D eigenvalue weighted by atomic mass is 16.4. The number of hydrogen-bond acceptors (Lipinski definition) is 3. The average Bonchev–Trinajstić information content (AvgIpc) is 2.74. The van der Waals surface area contributed by atoms with Crippen molar-refractivity contribution in [3.8, 4) is 0 Å². The first-order chi connectivity index (χ1) is 7.72. The minimum atomic E-state index is -0.920. The zero-order chi connectivity index (χ0) is 11.5. The maximum atomic E-state index is 10.9. The first-order valence-corrected chi connectivity index (χ1v) is 5.34. The second-order valence-electron chi connectivity index (χ2n) is 3.74. The smallest absolute Gasteiger partial charge is 0.352 e. The van der Waals surface area contributed by atoms with Crippen molar-refractivity contribution in [1.82, 2.24) is 5.01 Å². The fraction of sp³-hybridized carbons (Fsp3) is 0.333. The first kappa shape index (κ1) is 10.7. The number of aliphatic carboxylic acids is 1. The van der Waals surface area contributed by atoms with Gasteiger partial charge in [-0.25, -0.2) is 4.79 Å². The van der Waals surface area contributed by atoms with Crippen molar-refractivity contribution in [2.24, 2.45) is 5.10 Å². The highest BCUT2D eigenvalue weighted by Gasteiger charge is 2.29. The Morgan fingerprint density at radius 3 is 2.75 bits per heavy atom. The molecule has 2 rings (SSSR count). The van der Waals surface area contributed by atoms with Crippen LogP contribution in [0.3, 0.4) is 0 Å². The van der Waals surface area contributed by atoms with Crippen LogP contribution in [0.4, 0.5) is 0 Å². The third-order valence-electron chi connectivity index (χ3n) is 2.75. The van der Waals surface area contributed by atoms with E-state index in [1.54, 1.807) is 0 Å². The molecule has 0 saturated heterocycles. The number of hydrogen-bond donors (Lipinski definition) is 1. The van der Waals surface area contributed by atoms with E-state index in [2.05, 4.69) is 5.10 Å². The van der Waals surface area contributed by atoms with E-state index in [9.17, 15) is 4.79 Å². The van der Waals surface area contributed by atoms with E-state index in [1.807, 2.05) is 42.3 Å². The molecule has 0 spiro atoms. The fourth-order valence-electron chi connectivity index (χ4n) is 1.94. The van der Waals surface area contributed by atoms with Gasteiger partial charge < -0.3 is 5.11 Å². The van der Waals surface area contributed by atoms with E-state index in [0.717, 1.165) is 12.1 Å². The largest absolute Gasteiger partial charge is 0.477 e. The summed E-state index contributed by atoms with van der Waals surface area (Å²) in [4.78, 5) is 10.9. The van der Waals surface area contributed by atoms with Crippen molar-refractivity contribution in [2.75, 3.05) is 6.54 Å². The SMILES string of the molecule is CCN1N=C(C(=O)O)CC1c1ccccc1. The minimum Gasteiger partial charge on any atom is -0.477 e. The van der Waals surface area contributed by atoms with Crippen LogP contribution in [-0.4, -0.2) is 28.3 Å².